The van der Waals surface area contributed by atoms with Gasteiger partial charge in [-0.2, -0.15) is 0 Å². The summed E-state index contributed by atoms with van der Waals surface area (Å²) in [6.07, 6.45) is -0.253. The third-order valence-electron chi connectivity index (χ3n) is 1.67. The van der Waals surface area contributed by atoms with Crippen molar-refractivity contribution in [1.29, 1.82) is 0 Å². The predicted octanol–water partition coefficient (Wildman–Crippen LogP) is 4.87. The number of hydrogen-bond donors (Lipinski definition) is 0. The minimum absolute atomic E-state index is 0.0433. The van der Waals surface area contributed by atoms with Crippen LogP contribution in [0.1, 0.15) is 24.2 Å². The van der Waals surface area contributed by atoms with E-state index >= 15 is 0 Å². The van der Waals surface area contributed by atoms with E-state index in [0.29, 0.717) is 0 Å². The van der Waals surface area contributed by atoms with Crippen LogP contribution in [0.25, 0.3) is 0 Å². The fourth-order valence-electron chi connectivity index (χ4n) is 0.999. The molecule has 0 aliphatic carbocycles. The lowest BCUT2D eigenvalue weighted by Gasteiger charge is -2.11. The zero-order valence-electron chi connectivity index (χ0n) is 8.48. The van der Waals surface area contributed by atoms with Crippen LogP contribution in [0.2, 0.25) is 20.1 Å². The average Bonchev–Trinajstić information content (AvgIpc) is 2.19. The Morgan fingerprint density at radius 2 is 1.69 bits per heavy atom. The van der Waals surface area contributed by atoms with Gasteiger partial charge in [-0.1, -0.05) is 46.4 Å². The number of carbonyl (C=O) groups excluding carboxylic acids is 1. The minimum atomic E-state index is -0.583. The first kappa shape index (κ1) is 13.9. The molecule has 6 heteroatoms. The molecule has 0 spiro atoms. The molecule has 0 amide bonds. The van der Waals surface area contributed by atoms with Crippen molar-refractivity contribution in [3.63, 3.8) is 0 Å². The largest absolute Gasteiger partial charge is 0.459 e. The van der Waals surface area contributed by atoms with Gasteiger partial charge in [-0.25, -0.2) is 4.79 Å². The lowest BCUT2D eigenvalue weighted by molar-refractivity contribution is 0.0378. The molecule has 88 valence electrons. The molecule has 1 rings (SSSR count). The summed E-state index contributed by atoms with van der Waals surface area (Å²) in [5.74, 6) is -0.583. The number of rotatable bonds is 2. The van der Waals surface area contributed by atoms with Crippen molar-refractivity contribution in [2.24, 2.45) is 0 Å². The van der Waals surface area contributed by atoms with Gasteiger partial charge in [0, 0.05) is 0 Å². The minimum Gasteiger partial charge on any atom is -0.459 e. The van der Waals surface area contributed by atoms with Crippen LogP contribution in [0, 0.1) is 0 Å². The fourth-order valence-corrected chi connectivity index (χ4v) is 1.88. The van der Waals surface area contributed by atoms with Gasteiger partial charge in [0.25, 0.3) is 0 Å². The first-order valence-corrected chi connectivity index (χ1v) is 5.89. The van der Waals surface area contributed by atoms with Crippen molar-refractivity contribution in [2.45, 2.75) is 20.0 Å². The first-order chi connectivity index (χ1) is 7.34. The van der Waals surface area contributed by atoms with Gasteiger partial charge in [0.15, 0.2) is 0 Å². The number of carbonyl (C=O) groups is 1. The Hall–Kier alpha value is -0.150. The van der Waals surface area contributed by atoms with Crippen LogP contribution in [0.3, 0.4) is 0 Å². The monoisotopic (exact) mass is 300 g/mol. The number of benzene rings is 1. The maximum atomic E-state index is 11.6. The Labute approximate surface area is 113 Å². The Morgan fingerprint density at radius 3 is 2.19 bits per heavy atom. The van der Waals surface area contributed by atoms with Crippen LogP contribution in [-0.2, 0) is 4.74 Å². The maximum absolute atomic E-state index is 11.6. The van der Waals surface area contributed by atoms with E-state index in [-0.39, 0.29) is 31.8 Å². The summed E-state index contributed by atoms with van der Waals surface area (Å²) in [4.78, 5) is 11.6. The van der Waals surface area contributed by atoms with Crippen LogP contribution in [-0.4, -0.2) is 12.1 Å². The molecule has 0 unspecified atom stereocenters. The van der Waals surface area contributed by atoms with Crippen molar-refractivity contribution in [3.8, 4) is 0 Å². The Morgan fingerprint density at radius 1 is 1.12 bits per heavy atom. The van der Waals surface area contributed by atoms with Gasteiger partial charge in [-0.05, 0) is 19.9 Å². The topological polar surface area (TPSA) is 26.3 Å². The third kappa shape index (κ3) is 2.95. The second-order valence-corrected chi connectivity index (χ2v) is 4.84. The predicted molar refractivity (Wildman–Crippen MR) is 67.0 cm³/mol. The van der Waals surface area contributed by atoms with E-state index in [2.05, 4.69) is 0 Å². The highest BCUT2D eigenvalue weighted by Crippen LogP contribution is 2.38. The summed E-state index contributed by atoms with van der Waals surface area (Å²) in [6, 6.07) is 1.34. The highest BCUT2D eigenvalue weighted by molar-refractivity contribution is 6.52. The molecule has 0 aliphatic rings. The molecule has 0 heterocycles. The Bertz CT molecular complexity index is 429. The van der Waals surface area contributed by atoms with Gasteiger partial charge in [0.1, 0.15) is 0 Å². The molecule has 2 nitrogen and oxygen atoms in total. The molecule has 0 aromatic heterocycles. The molecule has 0 fully saturated rings. The van der Waals surface area contributed by atoms with Crippen molar-refractivity contribution >= 4 is 52.4 Å². The number of halogens is 4. The lowest BCUT2D eigenvalue weighted by Crippen LogP contribution is -2.12. The summed E-state index contributed by atoms with van der Waals surface area (Å²) < 4.78 is 4.98. The van der Waals surface area contributed by atoms with Crippen LogP contribution in [0.4, 0.5) is 0 Å². The van der Waals surface area contributed by atoms with Crippen molar-refractivity contribution in [3.05, 3.63) is 31.7 Å². The highest BCUT2D eigenvalue weighted by atomic mass is 35.5. The molecule has 0 saturated carbocycles. The summed E-state index contributed by atoms with van der Waals surface area (Å²) in [5.41, 5.74) is 0.106. The molecule has 0 bridgehead atoms. The average molecular weight is 302 g/mol. The molecular weight excluding hydrogens is 294 g/mol. The third-order valence-corrected chi connectivity index (χ3v) is 3.42. The summed E-state index contributed by atoms with van der Waals surface area (Å²) in [5, 5.41) is 0.370. The summed E-state index contributed by atoms with van der Waals surface area (Å²) in [7, 11) is 0. The van der Waals surface area contributed by atoms with Gasteiger partial charge in [0.2, 0.25) is 0 Å². The fraction of sp³-hybridized carbons (Fsp3) is 0.300. The van der Waals surface area contributed by atoms with E-state index in [1.54, 1.807) is 13.8 Å². The van der Waals surface area contributed by atoms with Crippen LogP contribution in [0.15, 0.2) is 6.07 Å². The van der Waals surface area contributed by atoms with Crippen LogP contribution in [0.5, 0.6) is 0 Å². The highest BCUT2D eigenvalue weighted by Gasteiger charge is 2.20. The van der Waals surface area contributed by atoms with Crippen molar-refractivity contribution in [2.75, 3.05) is 0 Å². The second-order valence-electron chi connectivity index (χ2n) is 3.30. The van der Waals surface area contributed by atoms with Crippen molar-refractivity contribution < 1.29 is 9.53 Å². The smallest absolute Gasteiger partial charge is 0.340 e. The van der Waals surface area contributed by atoms with Crippen LogP contribution < -0.4 is 0 Å². The molecular formula is C10H8Cl4O2. The van der Waals surface area contributed by atoms with Gasteiger partial charge < -0.3 is 4.74 Å². The molecule has 0 N–H and O–H groups in total. The van der Waals surface area contributed by atoms with Gasteiger partial charge >= 0.3 is 5.97 Å². The van der Waals surface area contributed by atoms with E-state index in [0.717, 1.165) is 0 Å². The second kappa shape index (κ2) is 5.46. The molecule has 0 atom stereocenters. The number of esters is 1. The number of hydrogen-bond acceptors (Lipinski definition) is 2. The lowest BCUT2D eigenvalue weighted by atomic mass is 10.2. The Kier molecular flexibility index (Phi) is 4.74. The summed E-state index contributed by atoms with van der Waals surface area (Å²) >= 11 is 23.2. The van der Waals surface area contributed by atoms with E-state index in [1.165, 1.54) is 6.07 Å². The molecule has 0 aliphatic heterocycles. The standard InChI is InChI=1S/C10H8Cl4O2/c1-4(2)16-10(15)5-3-6(11)8(13)9(14)7(5)12/h3-4H,1-2H3. The van der Waals surface area contributed by atoms with E-state index < -0.39 is 5.97 Å². The van der Waals surface area contributed by atoms with Gasteiger partial charge in [-0.15, -0.1) is 0 Å². The van der Waals surface area contributed by atoms with E-state index in [4.69, 9.17) is 51.1 Å². The zero-order chi connectivity index (χ0) is 12.5. The molecule has 0 saturated heterocycles. The normalized spacial score (nSPS) is 10.7. The molecule has 1 aromatic rings. The Balaban J connectivity index is 3.20. The summed E-state index contributed by atoms with van der Waals surface area (Å²) in [6.45, 7) is 3.45. The van der Waals surface area contributed by atoms with Crippen molar-refractivity contribution in [1.82, 2.24) is 0 Å². The van der Waals surface area contributed by atoms with Crippen LogP contribution >= 0.6 is 46.4 Å². The quantitative estimate of drug-likeness (QED) is 0.443. The number of ether oxygens (including phenoxy) is 1. The van der Waals surface area contributed by atoms with E-state index in [1.807, 2.05) is 0 Å². The first-order valence-electron chi connectivity index (χ1n) is 4.38. The van der Waals surface area contributed by atoms with Gasteiger partial charge in [0.05, 0.1) is 31.8 Å². The molecule has 16 heavy (non-hydrogen) atoms. The zero-order valence-corrected chi connectivity index (χ0v) is 11.5. The SMILES string of the molecule is CC(C)OC(=O)c1cc(Cl)c(Cl)c(Cl)c1Cl. The molecule has 1 aromatic carbocycles. The van der Waals surface area contributed by atoms with Gasteiger partial charge in [-0.3, -0.25) is 0 Å². The van der Waals surface area contributed by atoms with E-state index in [9.17, 15) is 4.79 Å². The molecule has 0 radical (unpaired) electrons. The maximum Gasteiger partial charge on any atom is 0.340 e.